The SMILES string of the molecule is CN(C)S(=O)(=O)N(Cc1ccc(C(=O)Nc2ccc(S(=O)(=O)Nc3ccc(Cl)cc3)cc2)cc1)c1ccccc1F. The molecule has 13 heteroatoms. The van der Waals surface area contributed by atoms with Gasteiger partial charge in [-0.3, -0.25) is 13.8 Å². The van der Waals surface area contributed by atoms with Gasteiger partial charge in [0.1, 0.15) is 5.82 Å². The van der Waals surface area contributed by atoms with E-state index in [1.807, 2.05) is 0 Å². The number of benzene rings is 4. The van der Waals surface area contributed by atoms with Crippen LogP contribution in [0.3, 0.4) is 0 Å². The van der Waals surface area contributed by atoms with Crippen molar-refractivity contribution in [2.45, 2.75) is 11.4 Å². The standard InChI is InChI=1S/C28H26ClFN4O5S2/c1-33(2)41(38,39)34(27-6-4-3-5-26(27)30)19-20-7-9-21(10-8-20)28(35)31-23-15-17-25(18-16-23)40(36,37)32-24-13-11-22(29)12-14-24/h3-18,32H,19H2,1-2H3,(H,31,35). The maximum Gasteiger partial charge on any atom is 0.303 e. The smallest absolute Gasteiger partial charge is 0.303 e. The highest BCUT2D eigenvalue weighted by Crippen LogP contribution is 2.26. The Morgan fingerprint density at radius 2 is 1.39 bits per heavy atom. The van der Waals surface area contributed by atoms with E-state index in [9.17, 15) is 26.0 Å². The molecule has 9 nitrogen and oxygen atoms in total. The number of rotatable bonds is 10. The molecule has 0 unspecified atom stereocenters. The van der Waals surface area contributed by atoms with Crippen LogP contribution in [0.15, 0.2) is 102 Å². The molecule has 214 valence electrons. The van der Waals surface area contributed by atoms with Gasteiger partial charge in [-0.2, -0.15) is 12.7 Å². The molecule has 2 N–H and O–H groups in total. The lowest BCUT2D eigenvalue weighted by atomic mass is 10.1. The van der Waals surface area contributed by atoms with Gasteiger partial charge in [-0.25, -0.2) is 12.8 Å². The summed E-state index contributed by atoms with van der Waals surface area (Å²) in [6.45, 7) is -0.163. The number of amides is 1. The zero-order valence-corrected chi connectivity index (χ0v) is 24.3. The molecule has 0 heterocycles. The minimum absolute atomic E-state index is 0.00175. The van der Waals surface area contributed by atoms with Crippen LogP contribution in [-0.4, -0.2) is 41.1 Å². The van der Waals surface area contributed by atoms with E-state index >= 15 is 0 Å². The Hall–Kier alpha value is -3.97. The molecule has 4 aromatic rings. The number of para-hydroxylation sites is 1. The third-order valence-electron chi connectivity index (χ3n) is 5.92. The largest absolute Gasteiger partial charge is 0.322 e. The second-order valence-electron chi connectivity index (χ2n) is 9.04. The zero-order chi connectivity index (χ0) is 29.8. The molecule has 0 aliphatic heterocycles. The lowest BCUT2D eigenvalue weighted by Gasteiger charge is -2.27. The maximum atomic E-state index is 14.5. The maximum absolute atomic E-state index is 14.5. The van der Waals surface area contributed by atoms with Gasteiger partial charge in [0.25, 0.3) is 15.9 Å². The summed E-state index contributed by atoms with van der Waals surface area (Å²) in [6.07, 6.45) is 0. The summed E-state index contributed by atoms with van der Waals surface area (Å²) in [4.78, 5) is 12.8. The second kappa shape index (κ2) is 12.3. The van der Waals surface area contributed by atoms with Crippen molar-refractivity contribution >= 4 is 54.8 Å². The first-order chi connectivity index (χ1) is 19.4. The molecule has 41 heavy (non-hydrogen) atoms. The first-order valence-corrected chi connectivity index (χ1v) is 15.4. The van der Waals surface area contributed by atoms with Gasteiger partial charge < -0.3 is 5.32 Å². The molecule has 0 aliphatic carbocycles. The first kappa shape index (κ1) is 30.0. The third kappa shape index (κ3) is 7.22. The lowest BCUT2D eigenvalue weighted by Crippen LogP contribution is -2.40. The van der Waals surface area contributed by atoms with Crippen molar-refractivity contribution in [3.8, 4) is 0 Å². The summed E-state index contributed by atoms with van der Waals surface area (Å²) >= 11 is 5.84. The van der Waals surface area contributed by atoms with Crippen LogP contribution in [0.2, 0.25) is 5.02 Å². The topological polar surface area (TPSA) is 116 Å². The van der Waals surface area contributed by atoms with E-state index in [0.717, 1.165) is 8.61 Å². The van der Waals surface area contributed by atoms with Crippen molar-refractivity contribution in [1.82, 2.24) is 4.31 Å². The van der Waals surface area contributed by atoms with Crippen LogP contribution < -0.4 is 14.3 Å². The average Bonchev–Trinajstić information content (AvgIpc) is 2.94. The quantitative estimate of drug-likeness (QED) is 0.249. The van der Waals surface area contributed by atoms with Crippen molar-refractivity contribution < 1.29 is 26.0 Å². The van der Waals surface area contributed by atoms with Gasteiger partial charge in [0.15, 0.2) is 0 Å². The number of carbonyl (C=O) groups is 1. The molecule has 4 aromatic carbocycles. The van der Waals surface area contributed by atoms with Gasteiger partial charge in [0.05, 0.1) is 17.1 Å². The number of nitrogens with zero attached hydrogens (tertiary/aromatic N) is 2. The lowest BCUT2D eigenvalue weighted by molar-refractivity contribution is 0.102. The van der Waals surface area contributed by atoms with Crippen molar-refractivity contribution in [3.63, 3.8) is 0 Å². The van der Waals surface area contributed by atoms with E-state index in [-0.39, 0.29) is 22.7 Å². The van der Waals surface area contributed by atoms with Crippen molar-refractivity contribution in [1.29, 1.82) is 0 Å². The Labute approximate surface area is 243 Å². The zero-order valence-electron chi connectivity index (χ0n) is 22.0. The fraction of sp³-hybridized carbons (Fsp3) is 0.107. The molecular weight excluding hydrogens is 591 g/mol. The van der Waals surface area contributed by atoms with Gasteiger partial charge >= 0.3 is 10.2 Å². The van der Waals surface area contributed by atoms with Crippen LogP contribution in [0.25, 0.3) is 0 Å². The monoisotopic (exact) mass is 616 g/mol. The molecule has 0 aromatic heterocycles. The van der Waals surface area contributed by atoms with E-state index in [1.54, 1.807) is 42.5 Å². The predicted octanol–water partition coefficient (Wildman–Crippen LogP) is 5.35. The van der Waals surface area contributed by atoms with Gasteiger partial charge in [-0.1, -0.05) is 35.9 Å². The summed E-state index contributed by atoms with van der Waals surface area (Å²) in [5.74, 6) is -1.15. The molecule has 0 saturated heterocycles. The molecule has 0 aliphatic rings. The van der Waals surface area contributed by atoms with E-state index in [2.05, 4.69) is 10.0 Å². The highest BCUT2D eigenvalue weighted by atomic mass is 35.5. The van der Waals surface area contributed by atoms with Crippen LogP contribution >= 0.6 is 11.6 Å². The van der Waals surface area contributed by atoms with Crippen LogP contribution in [0.4, 0.5) is 21.5 Å². The molecule has 0 radical (unpaired) electrons. The summed E-state index contributed by atoms with van der Waals surface area (Å²) in [5, 5.41) is 3.17. The number of hydrogen-bond acceptors (Lipinski definition) is 5. The van der Waals surface area contributed by atoms with E-state index in [1.165, 1.54) is 68.7 Å². The highest BCUT2D eigenvalue weighted by Gasteiger charge is 2.27. The summed E-state index contributed by atoms with van der Waals surface area (Å²) in [7, 11) is -5.16. The summed E-state index contributed by atoms with van der Waals surface area (Å²) in [6, 6.07) is 23.6. The number of carbonyl (C=O) groups excluding carboxylic acids is 1. The third-order valence-corrected chi connectivity index (χ3v) is 9.38. The molecule has 1 amide bonds. The summed E-state index contributed by atoms with van der Waals surface area (Å²) in [5.41, 5.74) is 1.43. The minimum Gasteiger partial charge on any atom is -0.322 e. The van der Waals surface area contributed by atoms with Gasteiger partial charge in [-0.05, 0) is 78.4 Å². The minimum atomic E-state index is -4.02. The van der Waals surface area contributed by atoms with Gasteiger partial charge in [-0.15, -0.1) is 0 Å². The van der Waals surface area contributed by atoms with Gasteiger partial charge in [0.2, 0.25) is 0 Å². The predicted molar refractivity (Wildman–Crippen MR) is 158 cm³/mol. The Kier molecular flexibility index (Phi) is 8.98. The first-order valence-electron chi connectivity index (χ1n) is 12.1. The average molecular weight is 617 g/mol. The molecule has 0 saturated carbocycles. The molecular formula is C28H26ClFN4O5S2. The Bertz CT molecular complexity index is 1750. The molecule has 4 rings (SSSR count). The number of hydrogen-bond donors (Lipinski definition) is 2. The van der Waals surface area contributed by atoms with Crippen LogP contribution in [-0.2, 0) is 26.8 Å². The van der Waals surface area contributed by atoms with Crippen molar-refractivity contribution in [2.75, 3.05) is 28.4 Å². The molecule has 0 atom stereocenters. The van der Waals surface area contributed by atoms with Crippen molar-refractivity contribution in [3.05, 3.63) is 119 Å². The van der Waals surface area contributed by atoms with Crippen LogP contribution in [0, 0.1) is 5.82 Å². The molecule has 0 fully saturated rings. The Morgan fingerprint density at radius 1 is 0.805 bits per heavy atom. The number of nitrogens with one attached hydrogen (secondary N) is 2. The van der Waals surface area contributed by atoms with Crippen molar-refractivity contribution in [2.24, 2.45) is 0 Å². The second-order valence-corrected chi connectivity index (χ2v) is 13.2. The fourth-order valence-corrected chi connectivity index (χ4v) is 6.01. The normalized spacial score (nSPS) is 11.7. The Balaban J connectivity index is 1.45. The van der Waals surface area contributed by atoms with Gasteiger partial charge in [0, 0.05) is 36.1 Å². The molecule has 0 spiro atoms. The summed E-state index contributed by atoms with van der Waals surface area (Å²) < 4.78 is 70.1. The van der Waals surface area contributed by atoms with Crippen LogP contribution in [0.1, 0.15) is 15.9 Å². The van der Waals surface area contributed by atoms with E-state index in [4.69, 9.17) is 11.6 Å². The number of halogens is 2. The highest BCUT2D eigenvalue weighted by molar-refractivity contribution is 7.92. The number of anilines is 3. The Morgan fingerprint density at radius 3 is 1.98 bits per heavy atom. The van der Waals surface area contributed by atoms with Crippen LogP contribution in [0.5, 0.6) is 0 Å². The fourth-order valence-electron chi connectivity index (χ4n) is 3.72. The van der Waals surface area contributed by atoms with E-state index in [0.29, 0.717) is 22.0 Å². The molecule has 0 bridgehead atoms. The number of sulfonamides is 1. The van der Waals surface area contributed by atoms with E-state index < -0.39 is 32.0 Å².